The van der Waals surface area contributed by atoms with Gasteiger partial charge < -0.3 is 19.9 Å². The summed E-state index contributed by atoms with van der Waals surface area (Å²) in [6.45, 7) is 7.99. The van der Waals surface area contributed by atoms with Gasteiger partial charge in [-0.15, -0.1) is 16.8 Å². The van der Waals surface area contributed by atoms with Gasteiger partial charge in [-0.2, -0.15) is 0 Å². The molecule has 0 aliphatic rings. The van der Waals surface area contributed by atoms with Crippen LogP contribution in [0.2, 0.25) is 5.02 Å². The van der Waals surface area contributed by atoms with Crippen molar-refractivity contribution in [3.63, 3.8) is 0 Å². The molecule has 0 fully saturated rings. The number of nitrogens with zero attached hydrogens (tertiary/aromatic N) is 3. The first-order chi connectivity index (χ1) is 16.8. The minimum absolute atomic E-state index is 0.138. The SMILES string of the molecule is C=CCn1c(SCC(=O)Nc2cc(Cl)ccc2C)nnc1C(C)NC(=O)Cc1ccc(OC)cc1. The fourth-order valence-electron chi connectivity index (χ4n) is 3.36. The quantitative estimate of drug-likeness (QED) is 0.287. The molecule has 2 N–H and O–H groups in total. The van der Waals surface area contributed by atoms with E-state index in [4.69, 9.17) is 16.3 Å². The molecule has 0 saturated heterocycles. The molecule has 3 rings (SSSR count). The Balaban J connectivity index is 1.62. The Kier molecular flexibility index (Phi) is 9.33. The Morgan fingerprint density at radius 2 is 1.94 bits per heavy atom. The predicted octanol–water partition coefficient (Wildman–Crippen LogP) is 4.59. The third-order valence-electron chi connectivity index (χ3n) is 5.15. The Morgan fingerprint density at radius 1 is 1.20 bits per heavy atom. The first kappa shape index (κ1) is 26.3. The number of anilines is 1. The summed E-state index contributed by atoms with van der Waals surface area (Å²) in [7, 11) is 1.60. The number of ether oxygens (including phenoxy) is 1. The molecule has 3 aromatic rings. The number of rotatable bonds is 11. The van der Waals surface area contributed by atoms with Crippen LogP contribution < -0.4 is 15.4 Å². The van der Waals surface area contributed by atoms with Crippen LogP contribution >= 0.6 is 23.4 Å². The number of hydrogen-bond donors (Lipinski definition) is 2. The number of benzene rings is 2. The summed E-state index contributed by atoms with van der Waals surface area (Å²) in [5, 5.41) is 15.5. The first-order valence-electron chi connectivity index (χ1n) is 11.0. The molecule has 1 atom stereocenters. The van der Waals surface area contributed by atoms with Gasteiger partial charge in [0.05, 0.1) is 25.3 Å². The molecular weight excluding hydrogens is 486 g/mol. The number of hydrogen-bond acceptors (Lipinski definition) is 6. The molecule has 0 spiro atoms. The van der Waals surface area contributed by atoms with E-state index in [0.29, 0.717) is 28.2 Å². The molecule has 184 valence electrons. The molecule has 0 radical (unpaired) electrons. The van der Waals surface area contributed by atoms with Gasteiger partial charge >= 0.3 is 0 Å². The van der Waals surface area contributed by atoms with Crippen LogP contribution in [0.25, 0.3) is 0 Å². The van der Waals surface area contributed by atoms with E-state index >= 15 is 0 Å². The van der Waals surface area contributed by atoms with Gasteiger partial charge in [0.15, 0.2) is 11.0 Å². The second kappa shape index (κ2) is 12.4. The Morgan fingerprint density at radius 3 is 2.63 bits per heavy atom. The van der Waals surface area contributed by atoms with Gasteiger partial charge in [-0.1, -0.05) is 47.6 Å². The first-order valence-corrected chi connectivity index (χ1v) is 12.3. The molecule has 1 unspecified atom stereocenters. The van der Waals surface area contributed by atoms with E-state index in [0.717, 1.165) is 16.9 Å². The molecule has 1 heterocycles. The summed E-state index contributed by atoms with van der Waals surface area (Å²) in [5.74, 6) is 1.14. The summed E-state index contributed by atoms with van der Waals surface area (Å²) in [4.78, 5) is 25.1. The van der Waals surface area contributed by atoms with Crippen molar-refractivity contribution >= 4 is 40.9 Å². The smallest absolute Gasteiger partial charge is 0.234 e. The number of methoxy groups -OCH3 is 1. The van der Waals surface area contributed by atoms with Crippen molar-refractivity contribution in [1.82, 2.24) is 20.1 Å². The lowest BCUT2D eigenvalue weighted by molar-refractivity contribution is -0.121. The van der Waals surface area contributed by atoms with Crippen molar-refractivity contribution in [2.45, 2.75) is 38.0 Å². The highest BCUT2D eigenvalue weighted by molar-refractivity contribution is 7.99. The maximum Gasteiger partial charge on any atom is 0.234 e. The van der Waals surface area contributed by atoms with Gasteiger partial charge in [-0.25, -0.2) is 0 Å². The molecule has 0 saturated carbocycles. The zero-order valence-electron chi connectivity index (χ0n) is 19.9. The summed E-state index contributed by atoms with van der Waals surface area (Å²) in [5.41, 5.74) is 2.47. The van der Waals surface area contributed by atoms with Crippen molar-refractivity contribution in [2.24, 2.45) is 0 Å². The molecule has 10 heteroatoms. The van der Waals surface area contributed by atoms with E-state index < -0.39 is 0 Å². The highest BCUT2D eigenvalue weighted by Crippen LogP contribution is 2.23. The Labute approximate surface area is 214 Å². The van der Waals surface area contributed by atoms with E-state index in [1.165, 1.54) is 11.8 Å². The van der Waals surface area contributed by atoms with Crippen LogP contribution in [0.5, 0.6) is 5.75 Å². The van der Waals surface area contributed by atoms with E-state index in [2.05, 4.69) is 27.4 Å². The zero-order valence-corrected chi connectivity index (χ0v) is 21.4. The molecule has 1 aromatic heterocycles. The third kappa shape index (κ3) is 7.34. The molecule has 2 aromatic carbocycles. The summed E-state index contributed by atoms with van der Waals surface area (Å²) >= 11 is 7.29. The van der Waals surface area contributed by atoms with Crippen molar-refractivity contribution in [3.05, 3.63) is 77.1 Å². The van der Waals surface area contributed by atoms with Crippen molar-refractivity contribution < 1.29 is 14.3 Å². The van der Waals surface area contributed by atoms with E-state index in [9.17, 15) is 9.59 Å². The number of nitrogens with one attached hydrogen (secondary N) is 2. The van der Waals surface area contributed by atoms with Crippen LogP contribution in [0.1, 0.15) is 29.9 Å². The summed E-state index contributed by atoms with van der Waals surface area (Å²) in [6, 6.07) is 12.3. The lowest BCUT2D eigenvalue weighted by Gasteiger charge is -2.15. The van der Waals surface area contributed by atoms with Crippen LogP contribution in [0.3, 0.4) is 0 Å². The lowest BCUT2D eigenvalue weighted by atomic mass is 10.1. The van der Waals surface area contributed by atoms with Crippen LogP contribution in [-0.4, -0.2) is 39.4 Å². The summed E-state index contributed by atoms with van der Waals surface area (Å²) in [6.07, 6.45) is 1.95. The van der Waals surface area contributed by atoms with Gasteiger partial charge in [-0.3, -0.25) is 9.59 Å². The third-order valence-corrected chi connectivity index (χ3v) is 6.35. The molecule has 0 bridgehead atoms. The van der Waals surface area contributed by atoms with Crippen molar-refractivity contribution in [2.75, 3.05) is 18.2 Å². The maximum absolute atomic E-state index is 12.6. The van der Waals surface area contributed by atoms with E-state index in [1.54, 1.807) is 25.3 Å². The van der Waals surface area contributed by atoms with Crippen LogP contribution in [0.15, 0.2) is 60.3 Å². The number of allylic oxidation sites excluding steroid dienone is 1. The molecule has 0 aliphatic heterocycles. The van der Waals surface area contributed by atoms with Gasteiger partial charge in [0.1, 0.15) is 5.75 Å². The number of carbonyl (C=O) groups is 2. The van der Waals surface area contributed by atoms with Crippen LogP contribution in [-0.2, 0) is 22.6 Å². The number of aryl methyl sites for hydroxylation is 1. The van der Waals surface area contributed by atoms with E-state index in [-0.39, 0.29) is 30.0 Å². The average Bonchev–Trinajstić information content (AvgIpc) is 3.23. The molecular formula is C25H28ClN5O3S. The largest absolute Gasteiger partial charge is 0.497 e. The van der Waals surface area contributed by atoms with Gasteiger partial charge in [0, 0.05) is 17.3 Å². The number of halogens is 1. The Bertz CT molecular complexity index is 1200. The topological polar surface area (TPSA) is 98.1 Å². The maximum atomic E-state index is 12.6. The highest BCUT2D eigenvalue weighted by atomic mass is 35.5. The predicted molar refractivity (Wildman–Crippen MR) is 139 cm³/mol. The van der Waals surface area contributed by atoms with Crippen LogP contribution in [0.4, 0.5) is 5.69 Å². The second-order valence-electron chi connectivity index (χ2n) is 7.85. The van der Waals surface area contributed by atoms with Crippen LogP contribution in [0, 0.1) is 6.92 Å². The standard InChI is InChI=1S/C25H28ClN5O3S/c1-5-12-31-24(17(3)27-22(32)13-18-7-10-20(34-4)11-8-18)29-30-25(31)35-15-23(33)28-21-14-19(26)9-6-16(21)2/h5-11,14,17H,1,12-13,15H2,2-4H3,(H,27,32)(H,28,33). The minimum atomic E-state index is -0.384. The molecule has 35 heavy (non-hydrogen) atoms. The highest BCUT2D eigenvalue weighted by Gasteiger charge is 2.20. The Hall–Kier alpha value is -3.30. The molecule has 0 aliphatic carbocycles. The minimum Gasteiger partial charge on any atom is -0.497 e. The lowest BCUT2D eigenvalue weighted by Crippen LogP contribution is -2.30. The fraction of sp³-hybridized carbons (Fsp3) is 0.280. The number of aromatic nitrogens is 3. The van der Waals surface area contributed by atoms with Gasteiger partial charge in [0.25, 0.3) is 0 Å². The normalized spacial score (nSPS) is 11.5. The number of amides is 2. The average molecular weight is 514 g/mol. The van der Waals surface area contributed by atoms with Crippen molar-refractivity contribution in [3.8, 4) is 5.75 Å². The molecule has 8 nitrogen and oxygen atoms in total. The second-order valence-corrected chi connectivity index (χ2v) is 9.23. The van der Waals surface area contributed by atoms with E-state index in [1.807, 2.05) is 48.7 Å². The zero-order chi connectivity index (χ0) is 25.4. The molecule has 2 amide bonds. The summed E-state index contributed by atoms with van der Waals surface area (Å²) < 4.78 is 6.99. The van der Waals surface area contributed by atoms with Gasteiger partial charge in [0.2, 0.25) is 11.8 Å². The number of thioether (sulfide) groups is 1. The van der Waals surface area contributed by atoms with Gasteiger partial charge in [-0.05, 0) is 49.2 Å². The number of carbonyl (C=O) groups excluding carboxylic acids is 2. The van der Waals surface area contributed by atoms with Crippen molar-refractivity contribution in [1.29, 1.82) is 0 Å². The monoisotopic (exact) mass is 513 g/mol. The fourth-order valence-corrected chi connectivity index (χ4v) is 4.29.